The normalized spacial score (nSPS) is 11.4. The number of benzene rings is 3. The lowest BCUT2D eigenvalue weighted by Crippen LogP contribution is -2.29. The first-order valence-electron chi connectivity index (χ1n) is 11.3. The molecule has 0 unspecified atom stereocenters. The van der Waals surface area contributed by atoms with Crippen LogP contribution in [0.25, 0.3) is 10.9 Å². The number of para-hydroxylation sites is 1. The van der Waals surface area contributed by atoms with Crippen LogP contribution in [0.15, 0.2) is 84.9 Å². The number of likely N-dealkylation sites (N-methyl/N-ethyl adjacent to an activating group) is 1. The van der Waals surface area contributed by atoms with Crippen LogP contribution in [0.2, 0.25) is 0 Å². The van der Waals surface area contributed by atoms with E-state index in [1.165, 1.54) is 11.1 Å². The van der Waals surface area contributed by atoms with Gasteiger partial charge >= 0.3 is 0 Å². The Hall–Kier alpha value is -3.37. The van der Waals surface area contributed by atoms with E-state index in [2.05, 4.69) is 102 Å². The van der Waals surface area contributed by atoms with Crippen LogP contribution in [0.5, 0.6) is 0 Å². The highest BCUT2D eigenvalue weighted by molar-refractivity contribution is 6.02. The minimum Gasteiger partial charge on any atom is -0.351 e. The van der Waals surface area contributed by atoms with Gasteiger partial charge < -0.3 is 14.8 Å². The number of aromatic nitrogens is 1. The molecule has 0 aliphatic rings. The van der Waals surface area contributed by atoms with E-state index in [4.69, 9.17) is 0 Å². The number of rotatable bonds is 8. The van der Waals surface area contributed by atoms with Gasteiger partial charge in [0.15, 0.2) is 0 Å². The minimum atomic E-state index is -0.0412. The van der Waals surface area contributed by atoms with Gasteiger partial charge in [-0.1, -0.05) is 78.9 Å². The highest BCUT2D eigenvalue weighted by atomic mass is 16.1. The molecule has 0 fully saturated rings. The Labute approximate surface area is 190 Å². The van der Waals surface area contributed by atoms with Gasteiger partial charge in [0.05, 0.1) is 0 Å². The van der Waals surface area contributed by atoms with Crippen LogP contribution >= 0.6 is 0 Å². The molecule has 0 atom stereocenters. The van der Waals surface area contributed by atoms with E-state index in [9.17, 15) is 4.79 Å². The molecule has 0 aliphatic carbocycles. The Morgan fingerprint density at radius 2 is 1.44 bits per heavy atom. The monoisotopic (exact) mass is 425 g/mol. The zero-order valence-corrected chi connectivity index (χ0v) is 19.1. The second-order valence-corrected chi connectivity index (χ2v) is 8.35. The smallest absolute Gasteiger partial charge is 0.268 e. The Balaban J connectivity index is 2.04. The lowest BCUT2D eigenvalue weighted by Gasteiger charge is -2.21. The SMILES string of the molecule is CCNC(=O)c1c(C(c2ccccc2)c2ccccc2)c2ccccc2n1CCN(C)C. The second kappa shape index (κ2) is 9.84. The summed E-state index contributed by atoms with van der Waals surface area (Å²) in [6.07, 6.45) is 0. The molecule has 4 heteroatoms. The summed E-state index contributed by atoms with van der Waals surface area (Å²) in [5.41, 5.74) is 5.29. The summed E-state index contributed by atoms with van der Waals surface area (Å²) in [4.78, 5) is 15.7. The molecule has 32 heavy (non-hydrogen) atoms. The van der Waals surface area contributed by atoms with Crippen LogP contribution in [-0.4, -0.2) is 42.6 Å². The summed E-state index contributed by atoms with van der Waals surface area (Å²) in [5, 5.41) is 4.21. The van der Waals surface area contributed by atoms with E-state index in [-0.39, 0.29) is 11.8 Å². The lowest BCUT2D eigenvalue weighted by atomic mass is 9.83. The first-order valence-corrected chi connectivity index (χ1v) is 11.3. The molecule has 0 saturated carbocycles. The Morgan fingerprint density at radius 1 is 0.875 bits per heavy atom. The maximum Gasteiger partial charge on any atom is 0.268 e. The van der Waals surface area contributed by atoms with Crippen molar-refractivity contribution in [2.45, 2.75) is 19.4 Å². The zero-order chi connectivity index (χ0) is 22.5. The topological polar surface area (TPSA) is 37.3 Å². The zero-order valence-electron chi connectivity index (χ0n) is 19.1. The fraction of sp³-hybridized carbons (Fsp3) is 0.250. The Morgan fingerprint density at radius 3 is 2.00 bits per heavy atom. The summed E-state index contributed by atoms with van der Waals surface area (Å²) >= 11 is 0. The third-order valence-corrected chi connectivity index (χ3v) is 5.89. The molecule has 4 rings (SSSR count). The van der Waals surface area contributed by atoms with E-state index >= 15 is 0 Å². The molecule has 1 amide bonds. The fourth-order valence-corrected chi connectivity index (χ4v) is 4.46. The molecule has 1 N–H and O–H groups in total. The maximum atomic E-state index is 13.5. The lowest BCUT2D eigenvalue weighted by molar-refractivity contribution is 0.0945. The van der Waals surface area contributed by atoms with Gasteiger partial charge in [0.1, 0.15) is 5.69 Å². The summed E-state index contributed by atoms with van der Waals surface area (Å²) in [5.74, 6) is -0.0603. The quantitative estimate of drug-likeness (QED) is 0.425. The Bertz CT molecular complexity index is 1140. The summed E-state index contributed by atoms with van der Waals surface area (Å²) in [6, 6.07) is 29.4. The summed E-state index contributed by atoms with van der Waals surface area (Å²) in [7, 11) is 4.13. The van der Waals surface area contributed by atoms with Crippen LogP contribution in [0.4, 0.5) is 0 Å². The first kappa shape index (κ1) is 21.8. The van der Waals surface area contributed by atoms with Crippen LogP contribution in [0, 0.1) is 0 Å². The van der Waals surface area contributed by atoms with E-state index < -0.39 is 0 Å². The number of hydrogen-bond donors (Lipinski definition) is 1. The molecule has 1 heterocycles. The minimum absolute atomic E-state index is 0.0191. The first-order chi connectivity index (χ1) is 15.6. The molecule has 4 nitrogen and oxygen atoms in total. The molecule has 1 aromatic heterocycles. The molecular formula is C28H31N3O. The van der Waals surface area contributed by atoms with Crippen molar-refractivity contribution in [3.63, 3.8) is 0 Å². The Kier molecular flexibility index (Phi) is 6.72. The highest BCUT2D eigenvalue weighted by Gasteiger charge is 2.29. The number of nitrogens with one attached hydrogen (secondary N) is 1. The van der Waals surface area contributed by atoms with Crippen molar-refractivity contribution in [1.82, 2.24) is 14.8 Å². The second-order valence-electron chi connectivity index (χ2n) is 8.35. The molecule has 0 saturated heterocycles. The number of fused-ring (bicyclic) bond motifs is 1. The molecule has 0 aliphatic heterocycles. The molecule has 3 aromatic carbocycles. The van der Waals surface area contributed by atoms with Crippen LogP contribution in [0.3, 0.4) is 0 Å². The standard InChI is InChI=1S/C28H31N3O/c1-4-29-28(32)27-26(23-17-11-12-18-24(23)31(27)20-19-30(2)3)25(21-13-7-5-8-14-21)22-15-9-6-10-16-22/h5-18,25H,4,19-20H2,1-3H3,(H,29,32). The molecule has 4 aromatic rings. The number of carbonyl (C=O) groups excluding carboxylic acids is 1. The average molecular weight is 426 g/mol. The predicted octanol–water partition coefficient (Wildman–Crippen LogP) is 5.13. The number of carbonyl (C=O) groups is 1. The largest absolute Gasteiger partial charge is 0.351 e. The van der Waals surface area contributed by atoms with Gasteiger partial charge in [-0.3, -0.25) is 4.79 Å². The van der Waals surface area contributed by atoms with Crippen molar-refractivity contribution in [3.8, 4) is 0 Å². The molecule has 164 valence electrons. The van der Waals surface area contributed by atoms with E-state index in [1.807, 2.05) is 19.1 Å². The van der Waals surface area contributed by atoms with Crippen molar-refractivity contribution < 1.29 is 4.79 Å². The van der Waals surface area contributed by atoms with Crippen LogP contribution in [0.1, 0.15) is 40.0 Å². The number of hydrogen-bond acceptors (Lipinski definition) is 2. The van der Waals surface area contributed by atoms with Gasteiger partial charge in [0.25, 0.3) is 5.91 Å². The van der Waals surface area contributed by atoms with E-state index in [0.29, 0.717) is 6.54 Å². The van der Waals surface area contributed by atoms with Gasteiger partial charge in [-0.25, -0.2) is 0 Å². The van der Waals surface area contributed by atoms with Gasteiger partial charge in [-0.05, 0) is 38.2 Å². The third-order valence-electron chi connectivity index (χ3n) is 5.89. The average Bonchev–Trinajstić information content (AvgIpc) is 3.14. The molecular weight excluding hydrogens is 394 g/mol. The van der Waals surface area contributed by atoms with E-state index in [0.717, 1.165) is 35.2 Å². The van der Waals surface area contributed by atoms with Crippen molar-refractivity contribution >= 4 is 16.8 Å². The van der Waals surface area contributed by atoms with Crippen molar-refractivity contribution in [2.75, 3.05) is 27.2 Å². The van der Waals surface area contributed by atoms with Gasteiger partial charge in [0, 0.05) is 42.0 Å². The third kappa shape index (κ3) is 4.32. The number of amides is 1. The van der Waals surface area contributed by atoms with E-state index in [1.54, 1.807) is 0 Å². The van der Waals surface area contributed by atoms with Crippen molar-refractivity contribution in [2.24, 2.45) is 0 Å². The molecule has 0 radical (unpaired) electrons. The van der Waals surface area contributed by atoms with Crippen molar-refractivity contribution in [1.29, 1.82) is 0 Å². The predicted molar refractivity (Wildman–Crippen MR) is 132 cm³/mol. The van der Waals surface area contributed by atoms with Gasteiger partial charge in [-0.15, -0.1) is 0 Å². The summed E-state index contributed by atoms with van der Waals surface area (Å²) in [6.45, 7) is 4.16. The van der Waals surface area contributed by atoms with Gasteiger partial charge in [-0.2, -0.15) is 0 Å². The van der Waals surface area contributed by atoms with Crippen molar-refractivity contribution in [3.05, 3.63) is 107 Å². The summed E-state index contributed by atoms with van der Waals surface area (Å²) < 4.78 is 2.20. The number of nitrogens with zero attached hydrogens (tertiary/aromatic N) is 2. The van der Waals surface area contributed by atoms with Crippen LogP contribution in [-0.2, 0) is 6.54 Å². The van der Waals surface area contributed by atoms with Crippen LogP contribution < -0.4 is 5.32 Å². The van der Waals surface area contributed by atoms with Gasteiger partial charge in [0.2, 0.25) is 0 Å². The molecule has 0 spiro atoms. The molecule has 0 bridgehead atoms. The fourth-order valence-electron chi connectivity index (χ4n) is 4.46. The highest BCUT2D eigenvalue weighted by Crippen LogP contribution is 2.40. The maximum absolute atomic E-state index is 13.5.